The van der Waals surface area contributed by atoms with E-state index in [1.165, 1.54) is 10.1 Å². The van der Waals surface area contributed by atoms with Crippen LogP contribution in [-0.2, 0) is 5.41 Å². The van der Waals surface area contributed by atoms with Crippen LogP contribution >= 0.6 is 0 Å². The van der Waals surface area contributed by atoms with E-state index in [1.54, 1.807) is 6.92 Å². The first-order valence-electron chi connectivity index (χ1n) is 9.59. The monoisotopic (exact) mass is 374 g/mol. The molecule has 0 N–H and O–H groups in total. The third-order valence-electron chi connectivity index (χ3n) is 5.47. The lowest BCUT2D eigenvalue weighted by Crippen LogP contribution is -2.19. The summed E-state index contributed by atoms with van der Waals surface area (Å²) < 4.78 is 29.3. The van der Waals surface area contributed by atoms with Crippen molar-refractivity contribution in [2.75, 3.05) is 0 Å². The van der Waals surface area contributed by atoms with Crippen molar-refractivity contribution in [1.82, 2.24) is 4.48 Å². The molecule has 0 bridgehead atoms. The Balaban J connectivity index is 2.88. The maximum Gasteiger partial charge on any atom is 0.677 e. The smallest absolute Gasteiger partial charge is 0.329 e. The molecular weight excluding hydrogens is 341 g/mol. The highest BCUT2D eigenvalue weighted by Gasteiger charge is 2.34. The van der Waals surface area contributed by atoms with Crippen LogP contribution in [0, 0.1) is 19.3 Å². The van der Waals surface area contributed by atoms with Crippen LogP contribution in [0.25, 0.3) is 5.57 Å². The first-order chi connectivity index (χ1) is 12.1. The average Bonchev–Trinajstić information content (AvgIpc) is 2.90. The molecule has 0 atom stereocenters. The predicted molar refractivity (Wildman–Crippen MR) is 114 cm³/mol. The second kappa shape index (κ2) is 6.75. The minimum Gasteiger partial charge on any atom is -0.329 e. The Bertz CT molecular complexity index is 870. The maximum absolute atomic E-state index is 14.0. The Morgan fingerprint density at radius 1 is 0.926 bits per heavy atom. The highest BCUT2D eigenvalue weighted by molar-refractivity contribution is 6.41. The molecule has 0 spiro atoms. The highest BCUT2D eigenvalue weighted by Crippen LogP contribution is 2.42. The van der Waals surface area contributed by atoms with Crippen LogP contribution in [0.4, 0.5) is 8.63 Å². The summed E-state index contributed by atoms with van der Waals surface area (Å²) in [6.45, 7) is 22.5. The van der Waals surface area contributed by atoms with E-state index in [0.717, 1.165) is 33.7 Å². The Morgan fingerprint density at radius 2 is 1.44 bits per heavy atom. The van der Waals surface area contributed by atoms with Crippen LogP contribution in [0.3, 0.4) is 0 Å². The van der Waals surface area contributed by atoms with Gasteiger partial charge in [0.1, 0.15) is 0 Å². The van der Waals surface area contributed by atoms with E-state index in [1.807, 2.05) is 20.8 Å². The van der Waals surface area contributed by atoms with Crippen LogP contribution in [0.5, 0.6) is 0 Å². The van der Waals surface area contributed by atoms with Gasteiger partial charge < -0.3 is 4.48 Å². The van der Waals surface area contributed by atoms with Gasteiger partial charge in [0.15, 0.2) is 0 Å². The molecule has 0 aliphatic carbocycles. The Labute approximate surface area is 163 Å². The summed E-state index contributed by atoms with van der Waals surface area (Å²) in [5, 5.41) is 0. The molecule has 27 heavy (non-hydrogen) atoms. The number of rotatable bonds is 2. The van der Waals surface area contributed by atoms with Crippen molar-refractivity contribution in [1.29, 1.82) is 0 Å². The van der Waals surface area contributed by atoms with E-state index in [-0.39, 0.29) is 10.8 Å². The van der Waals surface area contributed by atoms with Crippen molar-refractivity contribution in [3.8, 4) is 0 Å². The molecule has 1 aromatic heterocycles. The van der Waals surface area contributed by atoms with Crippen molar-refractivity contribution in [3.05, 3.63) is 39.4 Å². The Hall–Kier alpha value is -1.65. The SMILES string of the molecule is CC1=NC(=C(C)c2c(C)c(C(C)(C)C)c(C)n2B(F)F)C(C)=C1C(C)(C)C. The van der Waals surface area contributed by atoms with E-state index in [4.69, 9.17) is 4.99 Å². The first kappa shape index (κ1) is 21.7. The fourth-order valence-corrected chi connectivity index (χ4v) is 4.95. The zero-order valence-corrected chi connectivity index (χ0v) is 18.7. The molecule has 0 unspecified atom stereocenters. The molecule has 0 aromatic carbocycles. The molecule has 2 rings (SSSR count). The van der Waals surface area contributed by atoms with Gasteiger partial charge in [-0.1, -0.05) is 41.5 Å². The van der Waals surface area contributed by atoms with E-state index < -0.39 is 7.40 Å². The lowest BCUT2D eigenvalue weighted by atomic mass is 9.81. The largest absolute Gasteiger partial charge is 0.677 e. The van der Waals surface area contributed by atoms with E-state index >= 15 is 0 Å². The van der Waals surface area contributed by atoms with Gasteiger partial charge in [-0.05, 0) is 73.3 Å². The summed E-state index contributed by atoms with van der Waals surface area (Å²) >= 11 is 0. The van der Waals surface area contributed by atoms with Crippen molar-refractivity contribution in [2.45, 2.75) is 81.6 Å². The molecule has 0 radical (unpaired) electrons. The first-order valence-corrected chi connectivity index (χ1v) is 9.59. The quantitative estimate of drug-likeness (QED) is 0.510. The van der Waals surface area contributed by atoms with Gasteiger partial charge in [0.05, 0.1) is 5.70 Å². The second-order valence-electron chi connectivity index (χ2n) is 9.75. The number of allylic oxidation sites excluding steroid dienone is 3. The van der Waals surface area contributed by atoms with Gasteiger partial charge in [0.2, 0.25) is 0 Å². The summed E-state index contributed by atoms with van der Waals surface area (Å²) in [6.07, 6.45) is 0. The minimum absolute atomic E-state index is 0.0358. The van der Waals surface area contributed by atoms with Gasteiger partial charge in [-0.15, -0.1) is 0 Å². The van der Waals surface area contributed by atoms with Gasteiger partial charge in [-0.25, -0.2) is 0 Å². The number of hydrogen-bond donors (Lipinski definition) is 0. The van der Waals surface area contributed by atoms with Crippen molar-refractivity contribution in [2.24, 2.45) is 10.4 Å². The summed E-state index contributed by atoms with van der Waals surface area (Å²) in [5.74, 6) is 0. The summed E-state index contributed by atoms with van der Waals surface area (Å²) in [7, 11) is -2.58. The molecule has 148 valence electrons. The second-order valence-corrected chi connectivity index (χ2v) is 9.75. The van der Waals surface area contributed by atoms with E-state index in [0.29, 0.717) is 11.4 Å². The number of nitrogens with zero attached hydrogens (tertiary/aromatic N) is 2. The molecule has 2 nitrogen and oxygen atoms in total. The standard InChI is InChI=1S/C22H33BF2N2/c1-12-17(21(6,7)8)15(4)26-19(12)14(3)20-13(2)18(22(9,10)11)16(5)27(20)23(24)25/h1-11H3. The third-order valence-corrected chi connectivity index (χ3v) is 5.47. The Kier molecular flexibility index (Phi) is 5.42. The number of hydrogen-bond acceptors (Lipinski definition) is 1. The number of aliphatic imine (C=N–C) groups is 1. The van der Waals surface area contributed by atoms with Crippen LogP contribution in [0.1, 0.15) is 84.8 Å². The van der Waals surface area contributed by atoms with Crippen LogP contribution in [0.15, 0.2) is 21.8 Å². The maximum atomic E-state index is 14.0. The number of halogens is 2. The van der Waals surface area contributed by atoms with Crippen LogP contribution in [0.2, 0.25) is 0 Å². The van der Waals surface area contributed by atoms with Crippen LogP contribution < -0.4 is 0 Å². The average molecular weight is 374 g/mol. The van der Waals surface area contributed by atoms with Gasteiger partial charge in [0, 0.05) is 17.1 Å². The highest BCUT2D eigenvalue weighted by atomic mass is 19.2. The van der Waals surface area contributed by atoms with E-state index in [2.05, 4.69) is 48.5 Å². The predicted octanol–water partition coefficient (Wildman–Crippen LogP) is 6.74. The zero-order chi connectivity index (χ0) is 21.1. The van der Waals surface area contributed by atoms with Gasteiger partial charge in [-0.2, -0.15) is 0 Å². The summed E-state index contributed by atoms with van der Waals surface area (Å²) in [4.78, 5) is 4.80. The lowest BCUT2D eigenvalue weighted by Gasteiger charge is -2.22. The fraction of sp³-hybridized carbons (Fsp3) is 0.591. The van der Waals surface area contributed by atoms with E-state index in [9.17, 15) is 8.63 Å². The molecule has 1 aliphatic heterocycles. The molecular formula is C22H33BF2N2. The fourth-order valence-electron chi connectivity index (χ4n) is 4.95. The van der Waals surface area contributed by atoms with Crippen molar-refractivity contribution >= 4 is 18.7 Å². The molecule has 1 aliphatic rings. The Morgan fingerprint density at radius 3 is 1.81 bits per heavy atom. The molecule has 2 heterocycles. The molecule has 0 saturated carbocycles. The molecule has 5 heteroatoms. The molecule has 0 amide bonds. The zero-order valence-electron chi connectivity index (χ0n) is 18.7. The molecule has 0 fully saturated rings. The third kappa shape index (κ3) is 3.57. The summed E-state index contributed by atoms with van der Waals surface area (Å²) in [5.41, 5.74) is 7.86. The van der Waals surface area contributed by atoms with Gasteiger partial charge in [-0.3, -0.25) is 13.6 Å². The molecule has 1 aromatic rings. The van der Waals surface area contributed by atoms with Crippen LogP contribution in [-0.4, -0.2) is 17.6 Å². The topological polar surface area (TPSA) is 17.3 Å². The molecule has 0 saturated heterocycles. The number of aromatic nitrogens is 1. The normalized spacial score (nSPS) is 17.6. The van der Waals surface area contributed by atoms with Crippen molar-refractivity contribution < 1.29 is 8.63 Å². The summed E-state index contributed by atoms with van der Waals surface area (Å²) in [6, 6.07) is 0. The van der Waals surface area contributed by atoms with Gasteiger partial charge in [0.25, 0.3) is 0 Å². The lowest BCUT2D eigenvalue weighted by molar-refractivity contribution is 0.522. The van der Waals surface area contributed by atoms with Gasteiger partial charge >= 0.3 is 7.40 Å². The minimum atomic E-state index is -2.58. The van der Waals surface area contributed by atoms with Crippen molar-refractivity contribution in [3.63, 3.8) is 0 Å².